The Bertz CT molecular complexity index is 869. The molecule has 1 atom stereocenters. The Kier molecular flexibility index (Phi) is 3.64. The van der Waals surface area contributed by atoms with Crippen LogP contribution in [0, 0.1) is 0 Å². The smallest absolute Gasteiger partial charge is 0.292 e. The molecule has 7 nitrogen and oxygen atoms in total. The molecule has 1 unspecified atom stereocenters. The minimum atomic E-state index is -0.795. The average Bonchev–Trinajstić information content (AvgIpc) is 2.94. The molecule has 0 aliphatic carbocycles. The summed E-state index contributed by atoms with van der Waals surface area (Å²) in [5.41, 5.74) is 0.890. The fraction of sp³-hybridized carbons (Fsp3) is 0.267. The van der Waals surface area contributed by atoms with Gasteiger partial charge in [-0.25, -0.2) is 4.68 Å². The van der Waals surface area contributed by atoms with Crippen molar-refractivity contribution < 1.29 is 9.84 Å². The van der Waals surface area contributed by atoms with Gasteiger partial charge in [0, 0.05) is 12.4 Å². The van der Waals surface area contributed by atoms with Gasteiger partial charge in [-0.05, 0) is 17.7 Å². The fourth-order valence-electron chi connectivity index (χ4n) is 2.34. The van der Waals surface area contributed by atoms with Crippen molar-refractivity contribution in [2.24, 2.45) is 7.05 Å². The lowest BCUT2D eigenvalue weighted by Crippen LogP contribution is -2.22. The van der Waals surface area contributed by atoms with Crippen LogP contribution in [0.3, 0.4) is 0 Å². The SMILES string of the molecule is COc1cccc(C(O)Cn2ncc3cnn(C)c(=O)c32)c1. The van der Waals surface area contributed by atoms with Crippen molar-refractivity contribution >= 4 is 10.9 Å². The third-order valence-corrected chi connectivity index (χ3v) is 3.56. The molecule has 0 amide bonds. The van der Waals surface area contributed by atoms with Gasteiger partial charge in [0.25, 0.3) is 5.56 Å². The zero-order valence-electron chi connectivity index (χ0n) is 12.3. The second-order valence-corrected chi connectivity index (χ2v) is 5.00. The van der Waals surface area contributed by atoms with Crippen LogP contribution in [0.15, 0.2) is 41.5 Å². The number of nitrogens with zero attached hydrogens (tertiary/aromatic N) is 4. The molecule has 0 radical (unpaired) electrons. The molecule has 0 fully saturated rings. The van der Waals surface area contributed by atoms with E-state index in [1.54, 1.807) is 44.8 Å². The van der Waals surface area contributed by atoms with E-state index in [0.29, 0.717) is 22.2 Å². The van der Waals surface area contributed by atoms with Crippen molar-refractivity contribution in [2.75, 3.05) is 7.11 Å². The molecular weight excluding hydrogens is 284 g/mol. The second-order valence-electron chi connectivity index (χ2n) is 5.00. The number of rotatable bonds is 4. The minimum absolute atomic E-state index is 0.177. The molecule has 0 aliphatic rings. The highest BCUT2D eigenvalue weighted by molar-refractivity contribution is 5.76. The van der Waals surface area contributed by atoms with Crippen LogP contribution in [0.4, 0.5) is 0 Å². The van der Waals surface area contributed by atoms with Crippen LogP contribution in [-0.2, 0) is 13.6 Å². The first-order chi connectivity index (χ1) is 10.6. The highest BCUT2D eigenvalue weighted by Gasteiger charge is 2.14. The molecule has 0 aliphatic heterocycles. The maximum atomic E-state index is 12.2. The summed E-state index contributed by atoms with van der Waals surface area (Å²) in [4.78, 5) is 12.2. The number of aromatic nitrogens is 4. The molecule has 2 aromatic heterocycles. The molecule has 114 valence electrons. The Morgan fingerprint density at radius 1 is 1.32 bits per heavy atom. The predicted molar refractivity (Wildman–Crippen MR) is 80.7 cm³/mol. The average molecular weight is 300 g/mol. The van der Waals surface area contributed by atoms with E-state index in [1.165, 1.54) is 9.36 Å². The van der Waals surface area contributed by atoms with E-state index in [0.717, 1.165) is 0 Å². The molecule has 2 heterocycles. The third kappa shape index (κ3) is 2.46. The molecule has 0 spiro atoms. The summed E-state index contributed by atoms with van der Waals surface area (Å²) >= 11 is 0. The number of aliphatic hydroxyl groups is 1. The molecule has 22 heavy (non-hydrogen) atoms. The quantitative estimate of drug-likeness (QED) is 0.773. The first-order valence-electron chi connectivity index (χ1n) is 6.80. The van der Waals surface area contributed by atoms with Gasteiger partial charge >= 0.3 is 0 Å². The topological polar surface area (TPSA) is 82.2 Å². The Morgan fingerprint density at radius 2 is 2.09 bits per heavy atom. The molecule has 1 N–H and O–H groups in total. The van der Waals surface area contributed by atoms with E-state index < -0.39 is 6.10 Å². The molecule has 0 bridgehead atoms. The lowest BCUT2D eigenvalue weighted by atomic mass is 10.1. The van der Waals surface area contributed by atoms with Crippen LogP contribution in [0.25, 0.3) is 10.9 Å². The molecule has 1 aromatic carbocycles. The number of fused-ring (bicyclic) bond motifs is 1. The first kappa shape index (κ1) is 14.3. The molecule has 7 heteroatoms. The maximum Gasteiger partial charge on any atom is 0.292 e. The van der Waals surface area contributed by atoms with Crippen LogP contribution in [-0.4, -0.2) is 31.8 Å². The summed E-state index contributed by atoms with van der Waals surface area (Å²) in [6.07, 6.45) is 2.36. The third-order valence-electron chi connectivity index (χ3n) is 3.56. The standard InChI is InChI=1S/C15H16N4O3/c1-18-15(21)14-11(7-16-18)8-17-19(14)9-13(20)10-4-3-5-12(6-10)22-2/h3-8,13,20H,9H2,1-2H3. The van der Waals surface area contributed by atoms with Gasteiger partial charge in [0.2, 0.25) is 0 Å². The number of benzene rings is 1. The summed E-state index contributed by atoms with van der Waals surface area (Å²) in [6, 6.07) is 7.18. The van der Waals surface area contributed by atoms with Crippen LogP contribution in [0.5, 0.6) is 5.75 Å². The Hall–Kier alpha value is -2.67. The van der Waals surface area contributed by atoms with E-state index in [-0.39, 0.29) is 12.1 Å². The highest BCUT2D eigenvalue weighted by atomic mass is 16.5. The number of ether oxygens (including phenoxy) is 1. The van der Waals surface area contributed by atoms with Gasteiger partial charge in [-0.1, -0.05) is 12.1 Å². The van der Waals surface area contributed by atoms with E-state index in [2.05, 4.69) is 10.2 Å². The van der Waals surface area contributed by atoms with Crippen molar-refractivity contribution in [3.8, 4) is 5.75 Å². The van der Waals surface area contributed by atoms with E-state index in [4.69, 9.17) is 4.74 Å². The zero-order chi connectivity index (χ0) is 15.7. The molecule has 0 saturated heterocycles. The van der Waals surface area contributed by atoms with E-state index in [1.807, 2.05) is 6.07 Å². The van der Waals surface area contributed by atoms with Gasteiger partial charge in [0.15, 0.2) is 0 Å². The van der Waals surface area contributed by atoms with Crippen molar-refractivity contribution in [2.45, 2.75) is 12.6 Å². The summed E-state index contributed by atoms with van der Waals surface area (Å²) in [6.45, 7) is 0.177. The Morgan fingerprint density at radius 3 is 2.86 bits per heavy atom. The molecule has 3 aromatic rings. The van der Waals surface area contributed by atoms with Gasteiger partial charge in [-0.15, -0.1) is 0 Å². The van der Waals surface area contributed by atoms with E-state index >= 15 is 0 Å². The number of aryl methyl sites for hydroxylation is 1. The van der Waals surface area contributed by atoms with Crippen LogP contribution < -0.4 is 10.3 Å². The fourth-order valence-corrected chi connectivity index (χ4v) is 2.34. The molecule has 0 saturated carbocycles. The maximum absolute atomic E-state index is 12.2. The Balaban J connectivity index is 1.96. The lowest BCUT2D eigenvalue weighted by molar-refractivity contribution is 0.153. The zero-order valence-corrected chi connectivity index (χ0v) is 12.3. The number of hydrogen-bond donors (Lipinski definition) is 1. The lowest BCUT2D eigenvalue weighted by Gasteiger charge is -2.13. The summed E-state index contributed by atoms with van der Waals surface area (Å²) < 4.78 is 7.90. The van der Waals surface area contributed by atoms with Gasteiger partial charge < -0.3 is 9.84 Å². The molecular formula is C15H16N4O3. The first-order valence-corrected chi connectivity index (χ1v) is 6.80. The Labute approximate surface area is 126 Å². The van der Waals surface area contributed by atoms with Crippen molar-refractivity contribution in [3.05, 3.63) is 52.6 Å². The van der Waals surface area contributed by atoms with Gasteiger partial charge in [-0.2, -0.15) is 10.2 Å². The summed E-state index contributed by atoms with van der Waals surface area (Å²) in [5, 5.41) is 19.2. The monoisotopic (exact) mass is 300 g/mol. The van der Waals surface area contributed by atoms with Gasteiger partial charge in [-0.3, -0.25) is 9.48 Å². The van der Waals surface area contributed by atoms with Gasteiger partial charge in [0.1, 0.15) is 11.3 Å². The summed E-state index contributed by atoms with van der Waals surface area (Å²) in [5.74, 6) is 0.669. The predicted octanol–water partition coefficient (Wildman–Crippen LogP) is 0.872. The normalized spacial score (nSPS) is 12.5. The van der Waals surface area contributed by atoms with Crippen LogP contribution >= 0.6 is 0 Å². The van der Waals surface area contributed by atoms with Crippen molar-refractivity contribution in [1.29, 1.82) is 0 Å². The number of methoxy groups -OCH3 is 1. The van der Waals surface area contributed by atoms with Crippen molar-refractivity contribution in [1.82, 2.24) is 19.6 Å². The van der Waals surface area contributed by atoms with Crippen LogP contribution in [0.1, 0.15) is 11.7 Å². The number of aliphatic hydroxyl groups excluding tert-OH is 1. The molecule has 3 rings (SSSR count). The van der Waals surface area contributed by atoms with Crippen molar-refractivity contribution in [3.63, 3.8) is 0 Å². The minimum Gasteiger partial charge on any atom is -0.497 e. The second kappa shape index (κ2) is 5.61. The van der Waals surface area contributed by atoms with Crippen LogP contribution in [0.2, 0.25) is 0 Å². The van der Waals surface area contributed by atoms with Gasteiger partial charge in [0.05, 0.1) is 32.2 Å². The number of hydrogen-bond acceptors (Lipinski definition) is 5. The van der Waals surface area contributed by atoms with E-state index in [9.17, 15) is 9.90 Å². The largest absolute Gasteiger partial charge is 0.497 e. The summed E-state index contributed by atoms with van der Waals surface area (Å²) in [7, 11) is 3.15. The highest BCUT2D eigenvalue weighted by Crippen LogP contribution is 2.21.